The molecule has 0 unspecified atom stereocenters. The number of para-hydroxylation sites is 1. The first-order valence-corrected chi connectivity index (χ1v) is 9.47. The van der Waals surface area contributed by atoms with Gasteiger partial charge < -0.3 is 0 Å². The van der Waals surface area contributed by atoms with Crippen LogP contribution in [0.3, 0.4) is 0 Å². The minimum atomic E-state index is -0.322. The maximum absolute atomic E-state index is 12.7. The lowest BCUT2D eigenvalue weighted by Crippen LogP contribution is -2.18. The van der Waals surface area contributed by atoms with Gasteiger partial charge in [0.25, 0.3) is 5.56 Å². The van der Waals surface area contributed by atoms with Crippen LogP contribution >= 0.6 is 11.8 Å². The summed E-state index contributed by atoms with van der Waals surface area (Å²) in [5, 5.41) is 6.20. The van der Waals surface area contributed by atoms with Gasteiger partial charge in [-0.3, -0.25) is 4.79 Å². The van der Waals surface area contributed by atoms with Crippen molar-refractivity contribution in [3.63, 3.8) is 0 Å². The van der Waals surface area contributed by atoms with Crippen LogP contribution < -0.4 is 5.56 Å². The molecule has 2 heterocycles. The van der Waals surface area contributed by atoms with Crippen LogP contribution in [0, 0.1) is 13.8 Å². The average Bonchev–Trinajstić information content (AvgIpc) is 2.64. The highest BCUT2D eigenvalue weighted by Crippen LogP contribution is 2.24. The molecule has 0 N–H and O–H groups in total. The number of benzene rings is 2. The minimum absolute atomic E-state index is 0.322. The molecule has 2 aromatic carbocycles. The van der Waals surface area contributed by atoms with Crippen molar-refractivity contribution in [2.24, 2.45) is 0 Å². The third-order valence-corrected chi connectivity index (χ3v) is 5.22. The summed E-state index contributed by atoms with van der Waals surface area (Å²) in [5.41, 5.74) is 4.46. The Morgan fingerprint density at radius 1 is 1.04 bits per heavy atom. The number of thioether (sulfide) groups is 1. The lowest BCUT2D eigenvalue weighted by atomic mass is 10.0. The topological polar surface area (TPSA) is 60.2 Å². The molecule has 0 radical (unpaired) electrons. The second-order valence-electron chi connectivity index (χ2n) is 6.14. The standard InChI is InChI=1S/C20H18N4OS/c1-4-26-20-21-16-8-6-5-7-15(16)18-22-19(25)17(23-24(18)20)14-10-9-12(2)13(3)11-14/h5-11H,4H2,1-3H3. The number of nitrogens with zero attached hydrogens (tertiary/aromatic N) is 4. The Morgan fingerprint density at radius 2 is 1.85 bits per heavy atom. The van der Waals surface area contributed by atoms with Gasteiger partial charge in [0.15, 0.2) is 16.5 Å². The predicted molar refractivity (Wildman–Crippen MR) is 106 cm³/mol. The first-order chi connectivity index (χ1) is 12.6. The third-order valence-electron chi connectivity index (χ3n) is 4.41. The van der Waals surface area contributed by atoms with Crippen LogP contribution in [0.1, 0.15) is 18.1 Å². The summed E-state index contributed by atoms with van der Waals surface area (Å²) in [4.78, 5) is 21.8. The highest BCUT2D eigenvalue weighted by atomic mass is 32.2. The van der Waals surface area contributed by atoms with Crippen molar-refractivity contribution in [2.45, 2.75) is 25.9 Å². The Bertz CT molecular complexity index is 1200. The zero-order valence-electron chi connectivity index (χ0n) is 14.9. The fourth-order valence-electron chi connectivity index (χ4n) is 2.90. The Balaban J connectivity index is 2.06. The van der Waals surface area contributed by atoms with Gasteiger partial charge in [-0.15, -0.1) is 0 Å². The van der Waals surface area contributed by atoms with Crippen LogP contribution in [0.5, 0.6) is 0 Å². The molecule has 6 heteroatoms. The van der Waals surface area contributed by atoms with Gasteiger partial charge in [-0.2, -0.15) is 14.6 Å². The van der Waals surface area contributed by atoms with E-state index in [1.54, 1.807) is 16.3 Å². The first kappa shape index (κ1) is 16.7. The molecule has 0 aliphatic heterocycles. The smallest absolute Gasteiger partial charge is 0.265 e. The molecular formula is C20H18N4OS. The van der Waals surface area contributed by atoms with Gasteiger partial charge in [0.2, 0.25) is 0 Å². The molecule has 0 bridgehead atoms. The van der Waals surface area contributed by atoms with E-state index >= 15 is 0 Å². The van der Waals surface area contributed by atoms with Crippen LogP contribution in [0.2, 0.25) is 0 Å². The quantitative estimate of drug-likeness (QED) is 0.313. The van der Waals surface area contributed by atoms with E-state index in [1.807, 2.05) is 56.3 Å². The monoisotopic (exact) mass is 362 g/mol. The van der Waals surface area contributed by atoms with Crippen molar-refractivity contribution in [1.82, 2.24) is 19.6 Å². The van der Waals surface area contributed by atoms with Crippen LogP contribution in [0.4, 0.5) is 0 Å². The fourth-order valence-corrected chi connectivity index (χ4v) is 3.57. The summed E-state index contributed by atoms with van der Waals surface area (Å²) in [6.45, 7) is 6.13. The second-order valence-corrected chi connectivity index (χ2v) is 7.38. The molecule has 4 rings (SSSR count). The maximum atomic E-state index is 12.7. The Kier molecular flexibility index (Phi) is 4.20. The normalized spacial score (nSPS) is 11.3. The van der Waals surface area contributed by atoms with E-state index in [1.165, 1.54) is 5.56 Å². The van der Waals surface area contributed by atoms with Crippen molar-refractivity contribution in [3.05, 3.63) is 63.9 Å². The first-order valence-electron chi connectivity index (χ1n) is 8.48. The summed E-state index contributed by atoms with van der Waals surface area (Å²) in [6.07, 6.45) is 0. The molecule has 130 valence electrons. The number of aromatic nitrogens is 4. The van der Waals surface area contributed by atoms with E-state index in [-0.39, 0.29) is 5.56 Å². The summed E-state index contributed by atoms with van der Waals surface area (Å²) < 4.78 is 1.70. The molecule has 0 atom stereocenters. The summed E-state index contributed by atoms with van der Waals surface area (Å²) in [6, 6.07) is 13.6. The molecule has 0 aliphatic rings. The van der Waals surface area contributed by atoms with Gasteiger partial charge in [0.05, 0.1) is 5.52 Å². The minimum Gasteiger partial charge on any atom is -0.265 e. The number of rotatable bonds is 3. The maximum Gasteiger partial charge on any atom is 0.300 e. The van der Waals surface area contributed by atoms with Gasteiger partial charge in [-0.25, -0.2) is 4.98 Å². The van der Waals surface area contributed by atoms with Crippen molar-refractivity contribution < 1.29 is 0 Å². The zero-order valence-corrected chi connectivity index (χ0v) is 15.7. The lowest BCUT2D eigenvalue weighted by molar-refractivity contribution is 0.770. The lowest BCUT2D eigenvalue weighted by Gasteiger charge is -2.10. The van der Waals surface area contributed by atoms with E-state index < -0.39 is 0 Å². The number of hydrogen-bond donors (Lipinski definition) is 0. The van der Waals surface area contributed by atoms with Gasteiger partial charge in [0.1, 0.15) is 0 Å². The fraction of sp³-hybridized carbons (Fsp3) is 0.200. The number of fused-ring (bicyclic) bond motifs is 3. The van der Waals surface area contributed by atoms with E-state index in [2.05, 4.69) is 17.0 Å². The Hall–Kier alpha value is -2.73. The molecule has 0 amide bonds. The van der Waals surface area contributed by atoms with Crippen LogP contribution in [-0.2, 0) is 0 Å². The third kappa shape index (κ3) is 2.76. The van der Waals surface area contributed by atoms with Crippen LogP contribution in [0.15, 0.2) is 52.4 Å². The van der Waals surface area contributed by atoms with Crippen LogP contribution in [0.25, 0.3) is 27.8 Å². The van der Waals surface area contributed by atoms with Gasteiger partial charge >= 0.3 is 0 Å². The molecule has 0 saturated carbocycles. The summed E-state index contributed by atoms with van der Waals surface area (Å²) in [5.74, 6) is 0.854. The van der Waals surface area contributed by atoms with Gasteiger partial charge in [-0.1, -0.05) is 43.0 Å². The largest absolute Gasteiger partial charge is 0.300 e. The number of hydrogen-bond acceptors (Lipinski definition) is 5. The molecule has 0 fully saturated rings. The van der Waals surface area contributed by atoms with Gasteiger partial charge in [0, 0.05) is 10.9 Å². The molecule has 0 saturated heterocycles. The second kappa shape index (κ2) is 6.53. The Labute approximate surface area is 155 Å². The van der Waals surface area contributed by atoms with Crippen molar-refractivity contribution >= 4 is 28.3 Å². The van der Waals surface area contributed by atoms with Gasteiger partial charge in [-0.05, 0) is 48.9 Å². The van der Waals surface area contributed by atoms with Crippen LogP contribution in [-0.4, -0.2) is 25.3 Å². The summed E-state index contributed by atoms with van der Waals surface area (Å²) >= 11 is 1.58. The van der Waals surface area contributed by atoms with E-state index in [0.29, 0.717) is 11.3 Å². The zero-order chi connectivity index (χ0) is 18.3. The predicted octanol–water partition coefficient (Wildman–Crippen LogP) is 4.03. The molecule has 5 nitrogen and oxygen atoms in total. The highest BCUT2D eigenvalue weighted by Gasteiger charge is 2.15. The van der Waals surface area contributed by atoms with Crippen molar-refractivity contribution in [3.8, 4) is 11.3 Å². The molecule has 4 aromatic rings. The van der Waals surface area contributed by atoms with E-state index in [0.717, 1.165) is 32.9 Å². The average molecular weight is 362 g/mol. The van der Waals surface area contributed by atoms with E-state index in [9.17, 15) is 4.79 Å². The highest BCUT2D eigenvalue weighted by molar-refractivity contribution is 7.99. The molecule has 2 aromatic heterocycles. The molecular weight excluding hydrogens is 344 g/mol. The van der Waals surface area contributed by atoms with Crippen molar-refractivity contribution in [1.29, 1.82) is 0 Å². The summed E-state index contributed by atoms with van der Waals surface area (Å²) in [7, 11) is 0. The Morgan fingerprint density at radius 3 is 2.62 bits per heavy atom. The SMILES string of the molecule is CCSc1nc2ccccc2c2nc(=O)c(-c3ccc(C)c(C)c3)nn12. The molecule has 0 spiro atoms. The van der Waals surface area contributed by atoms with Crippen molar-refractivity contribution in [2.75, 3.05) is 5.75 Å². The van der Waals surface area contributed by atoms with E-state index in [4.69, 9.17) is 4.98 Å². The number of aryl methyl sites for hydroxylation is 2. The molecule has 0 aliphatic carbocycles. The molecule has 26 heavy (non-hydrogen) atoms.